The molecule has 0 saturated carbocycles. The summed E-state index contributed by atoms with van der Waals surface area (Å²) in [5, 5.41) is 0. The normalized spacial score (nSPS) is 19.5. The minimum atomic E-state index is -0.359. The SMILES string of the molecule is CCOC(OCC)C(CC1OCCc2ccccc21)NN. The number of nitrogens with two attached hydrogens (primary N) is 1. The maximum Gasteiger partial charge on any atom is 0.174 e. The Morgan fingerprint density at radius 2 is 2.00 bits per heavy atom. The minimum absolute atomic E-state index is 0.0272. The van der Waals surface area contributed by atoms with Crippen molar-refractivity contribution >= 4 is 0 Å². The van der Waals surface area contributed by atoms with Crippen molar-refractivity contribution in [1.29, 1.82) is 0 Å². The van der Waals surface area contributed by atoms with Gasteiger partial charge in [0.1, 0.15) is 0 Å². The predicted octanol–water partition coefficient (Wildman–Crippen LogP) is 1.92. The van der Waals surface area contributed by atoms with Gasteiger partial charge in [0.05, 0.1) is 18.8 Å². The molecule has 3 N–H and O–H groups in total. The maximum absolute atomic E-state index is 5.94. The Bertz CT molecular complexity index is 422. The molecule has 1 aromatic carbocycles. The molecule has 0 aromatic heterocycles. The highest BCUT2D eigenvalue weighted by Crippen LogP contribution is 2.31. The van der Waals surface area contributed by atoms with Gasteiger partial charge < -0.3 is 14.2 Å². The molecule has 0 radical (unpaired) electrons. The first-order valence-corrected chi connectivity index (χ1v) is 7.68. The number of ether oxygens (including phenoxy) is 3. The van der Waals surface area contributed by atoms with Crippen LogP contribution in [0.25, 0.3) is 0 Å². The fraction of sp³-hybridized carbons (Fsp3) is 0.625. The molecule has 1 aromatic rings. The number of fused-ring (bicyclic) bond motifs is 1. The quantitative estimate of drug-likeness (QED) is 0.436. The van der Waals surface area contributed by atoms with Crippen LogP contribution < -0.4 is 11.3 Å². The Morgan fingerprint density at radius 1 is 1.29 bits per heavy atom. The third-order valence-electron chi connectivity index (χ3n) is 3.76. The Labute approximate surface area is 126 Å². The second kappa shape index (κ2) is 8.46. The molecule has 2 unspecified atom stereocenters. The molecular weight excluding hydrogens is 268 g/mol. The molecule has 21 heavy (non-hydrogen) atoms. The topological polar surface area (TPSA) is 65.7 Å². The van der Waals surface area contributed by atoms with E-state index in [4.69, 9.17) is 20.1 Å². The maximum atomic E-state index is 5.94. The lowest BCUT2D eigenvalue weighted by Gasteiger charge is -2.32. The van der Waals surface area contributed by atoms with Crippen LogP contribution in [-0.2, 0) is 20.6 Å². The molecule has 1 aliphatic rings. The molecule has 0 amide bonds. The van der Waals surface area contributed by atoms with Crippen molar-refractivity contribution in [3.05, 3.63) is 35.4 Å². The van der Waals surface area contributed by atoms with E-state index < -0.39 is 0 Å². The molecule has 118 valence electrons. The summed E-state index contributed by atoms with van der Waals surface area (Å²) in [4.78, 5) is 0. The van der Waals surface area contributed by atoms with Crippen LogP contribution in [0.4, 0.5) is 0 Å². The van der Waals surface area contributed by atoms with Crippen molar-refractivity contribution in [3.63, 3.8) is 0 Å². The molecule has 0 spiro atoms. The summed E-state index contributed by atoms with van der Waals surface area (Å²) < 4.78 is 17.2. The van der Waals surface area contributed by atoms with Crippen LogP contribution in [0.15, 0.2) is 24.3 Å². The molecular formula is C16H26N2O3. The summed E-state index contributed by atoms with van der Waals surface area (Å²) >= 11 is 0. The smallest absolute Gasteiger partial charge is 0.174 e. The summed E-state index contributed by atoms with van der Waals surface area (Å²) in [5.74, 6) is 5.71. The van der Waals surface area contributed by atoms with Gasteiger partial charge in [-0.05, 0) is 37.8 Å². The van der Waals surface area contributed by atoms with Gasteiger partial charge in [0.15, 0.2) is 6.29 Å². The van der Waals surface area contributed by atoms with E-state index in [0.717, 1.165) is 19.4 Å². The van der Waals surface area contributed by atoms with Crippen LogP contribution in [0.2, 0.25) is 0 Å². The predicted molar refractivity (Wildman–Crippen MR) is 81.6 cm³/mol. The Morgan fingerprint density at radius 3 is 2.67 bits per heavy atom. The zero-order valence-corrected chi connectivity index (χ0v) is 12.9. The lowest BCUT2D eigenvalue weighted by atomic mass is 9.93. The zero-order valence-electron chi connectivity index (χ0n) is 12.9. The van der Waals surface area contributed by atoms with Gasteiger partial charge in [-0.25, -0.2) is 0 Å². The van der Waals surface area contributed by atoms with E-state index in [-0.39, 0.29) is 18.4 Å². The molecule has 0 saturated heterocycles. The van der Waals surface area contributed by atoms with Crippen LogP contribution in [-0.4, -0.2) is 32.2 Å². The highest BCUT2D eigenvalue weighted by atomic mass is 16.7. The third kappa shape index (κ3) is 4.25. The van der Waals surface area contributed by atoms with Crippen LogP contribution in [0.1, 0.15) is 37.5 Å². The average Bonchev–Trinajstić information content (AvgIpc) is 2.52. The molecule has 2 atom stereocenters. The highest BCUT2D eigenvalue weighted by molar-refractivity contribution is 5.31. The van der Waals surface area contributed by atoms with Crippen LogP contribution in [0, 0.1) is 0 Å². The molecule has 5 heteroatoms. The lowest BCUT2D eigenvalue weighted by Crippen LogP contribution is -2.47. The number of hydrogen-bond acceptors (Lipinski definition) is 5. The molecule has 0 bridgehead atoms. The largest absolute Gasteiger partial charge is 0.373 e. The lowest BCUT2D eigenvalue weighted by molar-refractivity contribution is -0.160. The molecule has 5 nitrogen and oxygen atoms in total. The number of hydrazine groups is 1. The first-order chi connectivity index (χ1) is 10.3. The van der Waals surface area contributed by atoms with Gasteiger partial charge in [-0.3, -0.25) is 11.3 Å². The van der Waals surface area contributed by atoms with Gasteiger partial charge >= 0.3 is 0 Å². The summed E-state index contributed by atoms with van der Waals surface area (Å²) in [7, 11) is 0. The number of rotatable bonds is 8. The van der Waals surface area contributed by atoms with Gasteiger partial charge in [-0.1, -0.05) is 24.3 Å². The van der Waals surface area contributed by atoms with E-state index in [1.54, 1.807) is 0 Å². The summed E-state index contributed by atoms with van der Waals surface area (Å²) in [6, 6.07) is 8.30. The van der Waals surface area contributed by atoms with Crippen molar-refractivity contribution in [3.8, 4) is 0 Å². The Hall–Kier alpha value is -0.980. The zero-order chi connectivity index (χ0) is 15.1. The van der Waals surface area contributed by atoms with Crippen LogP contribution in [0.5, 0.6) is 0 Å². The number of nitrogens with one attached hydrogen (secondary N) is 1. The van der Waals surface area contributed by atoms with E-state index >= 15 is 0 Å². The van der Waals surface area contributed by atoms with Gasteiger partial charge in [-0.15, -0.1) is 0 Å². The molecule has 1 heterocycles. The van der Waals surface area contributed by atoms with Crippen molar-refractivity contribution in [2.45, 2.75) is 45.1 Å². The van der Waals surface area contributed by atoms with Crippen molar-refractivity contribution < 1.29 is 14.2 Å². The summed E-state index contributed by atoms with van der Waals surface area (Å²) in [6.07, 6.45) is 1.36. The average molecular weight is 294 g/mol. The fourth-order valence-corrected chi connectivity index (χ4v) is 2.77. The number of hydrogen-bond donors (Lipinski definition) is 2. The van der Waals surface area contributed by atoms with Crippen molar-refractivity contribution in [2.75, 3.05) is 19.8 Å². The van der Waals surface area contributed by atoms with Gasteiger partial charge in [0, 0.05) is 13.2 Å². The van der Waals surface area contributed by atoms with E-state index in [9.17, 15) is 0 Å². The molecule has 1 aliphatic heterocycles. The van der Waals surface area contributed by atoms with Gasteiger partial charge in [0.25, 0.3) is 0 Å². The van der Waals surface area contributed by atoms with Crippen molar-refractivity contribution in [2.24, 2.45) is 5.84 Å². The molecule has 0 aliphatic carbocycles. The summed E-state index contributed by atoms with van der Waals surface area (Å²) in [5.41, 5.74) is 5.42. The van der Waals surface area contributed by atoms with Crippen LogP contribution in [0.3, 0.4) is 0 Å². The molecule has 2 rings (SSSR count). The highest BCUT2D eigenvalue weighted by Gasteiger charge is 2.29. The second-order valence-corrected chi connectivity index (χ2v) is 5.10. The second-order valence-electron chi connectivity index (χ2n) is 5.10. The van der Waals surface area contributed by atoms with E-state index in [2.05, 4.69) is 23.6 Å². The third-order valence-corrected chi connectivity index (χ3v) is 3.76. The number of benzene rings is 1. The summed E-state index contributed by atoms with van der Waals surface area (Å²) in [6.45, 7) is 5.82. The Balaban J connectivity index is 2.08. The first kappa shape index (κ1) is 16.4. The molecule has 0 fully saturated rings. The Kier molecular flexibility index (Phi) is 6.60. The van der Waals surface area contributed by atoms with Crippen molar-refractivity contribution in [1.82, 2.24) is 5.43 Å². The van der Waals surface area contributed by atoms with Gasteiger partial charge in [0.2, 0.25) is 0 Å². The van der Waals surface area contributed by atoms with E-state index in [1.165, 1.54) is 11.1 Å². The van der Waals surface area contributed by atoms with E-state index in [0.29, 0.717) is 13.2 Å². The monoisotopic (exact) mass is 294 g/mol. The van der Waals surface area contributed by atoms with Gasteiger partial charge in [-0.2, -0.15) is 0 Å². The standard InChI is InChI=1S/C16H26N2O3/c1-3-19-16(20-4-2)14(18-17)11-15-13-8-6-5-7-12(13)9-10-21-15/h5-8,14-16,18H,3-4,9-11,17H2,1-2H3. The van der Waals surface area contributed by atoms with Crippen LogP contribution >= 0.6 is 0 Å². The first-order valence-electron chi connectivity index (χ1n) is 7.68. The minimum Gasteiger partial charge on any atom is -0.373 e. The fourth-order valence-electron chi connectivity index (χ4n) is 2.77. The van der Waals surface area contributed by atoms with E-state index in [1.807, 2.05) is 19.9 Å².